The van der Waals surface area contributed by atoms with Gasteiger partial charge in [-0.2, -0.15) is 0 Å². The van der Waals surface area contributed by atoms with Crippen LogP contribution in [0, 0.1) is 0 Å². The Hall–Kier alpha value is -2.46. The van der Waals surface area contributed by atoms with Crippen LogP contribution in [0.5, 0.6) is 0 Å². The molecule has 0 amide bonds. The number of aryl methyl sites for hydroxylation is 4. The molecule has 2 aliphatic rings. The van der Waals surface area contributed by atoms with E-state index in [1.165, 1.54) is 251 Å². The van der Waals surface area contributed by atoms with E-state index in [2.05, 4.69) is 224 Å². The van der Waals surface area contributed by atoms with E-state index < -0.39 is 47.6 Å². The van der Waals surface area contributed by atoms with Crippen LogP contribution in [-0.2, 0) is 36.5 Å². The van der Waals surface area contributed by atoms with Crippen LogP contribution in [0.1, 0.15) is 316 Å². The van der Waals surface area contributed by atoms with E-state index in [4.69, 9.17) is 0 Å². The van der Waals surface area contributed by atoms with E-state index in [9.17, 15) is 0 Å². The third-order valence-corrected chi connectivity index (χ3v) is 64.4. The minimum atomic E-state index is -2.98. The molecule has 0 fully saturated rings. The van der Waals surface area contributed by atoms with E-state index in [-0.39, 0.29) is 0 Å². The van der Waals surface area contributed by atoms with Gasteiger partial charge in [0.2, 0.25) is 0 Å². The summed E-state index contributed by atoms with van der Waals surface area (Å²) < 4.78 is 16.0. The standard InChI is InChI=1S/C64H70S4.6C4H9.2Sn/c1-5-9-13-17-21-45-25-33-49(34-26-45)63(50-35-27-46(28-36-50)22-18-14-10-6-2)53-41-43-65-57(53)59-55(63)61-62(67-59)56-60(68-61)58-54(42-44-66-58)64(56,51-37-29-47(30-38-51)23-19-15-11-7-3)52-39-31-48(32-40-52)24-20-16-12-8-4;6*1-3-4-2;;/h25-42H,5-24H2,1-4H3;6*1,3-4H2,2H3;;. The monoisotopic (exact) mass is 1550 g/mol. The molecule has 0 bridgehead atoms. The second-order valence-corrected chi connectivity index (χ2v) is 62.2. The molecule has 0 saturated carbocycles. The number of fused-ring (bicyclic) bond motifs is 9. The molecule has 4 aromatic heterocycles. The van der Waals surface area contributed by atoms with Gasteiger partial charge in [-0.15, -0.1) is 0 Å². The van der Waals surface area contributed by atoms with Crippen molar-refractivity contribution in [2.75, 3.05) is 0 Å². The van der Waals surface area contributed by atoms with Gasteiger partial charge in [0, 0.05) is 0 Å². The molecule has 0 saturated heterocycles. The predicted molar refractivity (Wildman–Crippen MR) is 431 cm³/mol. The second-order valence-electron chi connectivity index (χ2n) is 29.7. The van der Waals surface area contributed by atoms with Gasteiger partial charge in [-0.1, -0.05) is 53.4 Å². The zero-order chi connectivity index (χ0) is 66.0. The Kier molecular flexibility index (Phi) is 28.6. The van der Waals surface area contributed by atoms with Crippen molar-refractivity contribution in [2.24, 2.45) is 0 Å². The fourth-order valence-corrected chi connectivity index (χ4v) is 61.3. The zero-order valence-electron chi connectivity index (χ0n) is 60.9. The Morgan fingerprint density at radius 1 is 0.255 bits per heavy atom. The van der Waals surface area contributed by atoms with Gasteiger partial charge in [0.05, 0.1) is 0 Å². The zero-order valence-corrected chi connectivity index (χ0v) is 69.9. The van der Waals surface area contributed by atoms with Crippen LogP contribution < -0.4 is 5.79 Å². The normalized spacial score (nSPS) is 13.9. The van der Waals surface area contributed by atoms with Gasteiger partial charge in [0.1, 0.15) is 0 Å². The topological polar surface area (TPSA) is 0 Å². The van der Waals surface area contributed by atoms with Crippen LogP contribution in [0.4, 0.5) is 0 Å². The number of hydrogen-bond acceptors (Lipinski definition) is 4. The molecular weight excluding hydrogens is 1420 g/mol. The molecule has 8 aromatic rings. The molecule has 0 atom stereocenters. The van der Waals surface area contributed by atoms with Crippen LogP contribution in [0.25, 0.3) is 28.9 Å². The van der Waals surface area contributed by atoms with E-state index in [0.717, 1.165) is 25.7 Å². The second kappa shape index (κ2) is 36.2. The van der Waals surface area contributed by atoms with E-state index in [1.54, 1.807) is 51.2 Å². The molecule has 0 spiro atoms. The van der Waals surface area contributed by atoms with Crippen LogP contribution >= 0.6 is 45.3 Å². The molecule has 0 radical (unpaired) electrons. The van der Waals surface area contributed by atoms with Crippen molar-refractivity contribution >= 4 is 97.3 Å². The van der Waals surface area contributed by atoms with E-state index in [1.807, 2.05) is 5.79 Å². The molecule has 4 aromatic carbocycles. The third-order valence-electron chi connectivity index (χ3n) is 22.9. The quantitative estimate of drug-likeness (QED) is 0.0264. The van der Waals surface area contributed by atoms with Crippen molar-refractivity contribution in [1.82, 2.24) is 0 Å². The van der Waals surface area contributed by atoms with E-state index in [0.29, 0.717) is 0 Å². The average molecular weight is 1550 g/mol. The van der Waals surface area contributed by atoms with Gasteiger partial charge in [0.25, 0.3) is 0 Å². The number of hydrogen-bond donors (Lipinski definition) is 0. The fourth-order valence-electron chi connectivity index (χ4n) is 17.2. The summed E-state index contributed by atoms with van der Waals surface area (Å²) in [7, 11) is 0. The van der Waals surface area contributed by atoms with Gasteiger partial charge in [-0.25, -0.2) is 0 Å². The van der Waals surface area contributed by atoms with Crippen molar-refractivity contribution < 1.29 is 0 Å². The van der Waals surface area contributed by atoms with Crippen molar-refractivity contribution in [1.29, 1.82) is 0 Å². The molecule has 0 nitrogen and oxygen atoms in total. The number of thiophene rings is 4. The fraction of sp³-hybridized carbons (Fsp3) is 0.568. The van der Waals surface area contributed by atoms with Crippen molar-refractivity contribution in [3.05, 3.63) is 176 Å². The predicted octanol–water partition coefficient (Wildman–Crippen LogP) is 28.4. The SMILES string of the molecule is CCCCCCc1ccc(C2(c3ccc(CCCCCC)cc3)c3c[c]([Sn]([CH2]CCC)([CH2]CCC)[CH2]CCC)sc3-c3sc4c5c(sc4c32)-c2s[c]([Sn]([CH2]CCC)([CH2]CCC)[CH2]CCC)cc2C5(c2ccc(CCCCCC)cc2)c2ccc(CCCCCC)cc2)cc1. The summed E-state index contributed by atoms with van der Waals surface area (Å²) in [4.78, 5) is 6.47. The first-order valence-corrected chi connectivity index (χ1v) is 57.7. The number of unbranched alkanes of at least 4 members (excludes halogenated alkanes) is 18. The summed E-state index contributed by atoms with van der Waals surface area (Å²) in [6, 6.07) is 47.9. The maximum atomic E-state index is 2.98. The van der Waals surface area contributed by atoms with Crippen LogP contribution in [-0.4, -0.2) is 36.8 Å². The maximum absolute atomic E-state index is 2.98. The average Bonchev–Trinajstić information content (AvgIpc) is 1.49. The minimum absolute atomic E-state index is 0.438. The van der Waals surface area contributed by atoms with Gasteiger partial charge in [-0.05, 0) is 0 Å². The number of benzene rings is 4. The van der Waals surface area contributed by atoms with Crippen molar-refractivity contribution in [2.45, 2.75) is 312 Å². The summed E-state index contributed by atoms with van der Waals surface area (Å²) in [5.74, 6) is 0. The van der Waals surface area contributed by atoms with Crippen LogP contribution in [0.15, 0.2) is 109 Å². The first-order chi connectivity index (χ1) is 46.1. The summed E-state index contributed by atoms with van der Waals surface area (Å²) in [5.41, 5.74) is 17.6. The molecule has 10 rings (SSSR count). The molecule has 0 N–H and O–H groups in total. The molecule has 0 aliphatic heterocycles. The van der Waals surface area contributed by atoms with E-state index >= 15 is 0 Å². The first kappa shape index (κ1) is 74.2. The summed E-state index contributed by atoms with van der Waals surface area (Å²) in [5, 5.41) is 0. The molecule has 6 heteroatoms. The van der Waals surface area contributed by atoms with Gasteiger partial charge < -0.3 is 0 Å². The Morgan fingerprint density at radius 3 is 0.713 bits per heavy atom. The number of rotatable bonds is 44. The Morgan fingerprint density at radius 2 is 0.489 bits per heavy atom. The molecule has 508 valence electrons. The first-order valence-electron chi connectivity index (χ1n) is 39.4. The molecule has 2 aliphatic carbocycles. The summed E-state index contributed by atoms with van der Waals surface area (Å²) in [6.45, 7) is 24.2. The van der Waals surface area contributed by atoms with Crippen LogP contribution in [0.2, 0.25) is 26.6 Å². The Balaban J connectivity index is 1.32. The van der Waals surface area contributed by atoms with Gasteiger partial charge in [0.15, 0.2) is 0 Å². The Bertz CT molecular complexity index is 3150. The van der Waals surface area contributed by atoms with Crippen molar-refractivity contribution in [3.63, 3.8) is 0 Å². The molecule has 0 unspecified atom stereocenters. The third kappa shape index (κ3) is 15.7. The Labute approximate surface area is 598 Å². The van der Waals surface area contributed by atoms with Crippen molar-refractivity contribution in [3.8, 4) is 19.5 Å². The molecular formula is C88H124S4Sn2. The summed E-state index contributed by atoms with van der Waals surface area (Å²) >= 11 is 3.25. The molecule has 94 heavy (non-hydrogen) atoms. The van der Waals surface area contributed by atoms with Crippen LogP contribution in [0.3, 0.4) is 0 Å². The van der Waals surface area contributed by atoms with Gasteiger partial charge >= 0.3 is 552 Å². The molecule has 4 heterocycles. The van der Waals surface area contributed by atoms with Gasteiger partial charge in [-0.3, -0.25) is 0 Å². The summed E-state index contributed by atoms with van der Waals surface area (Å²) in [6.07, 6.45) is 41.6.